The van der Waals surface area contributed by atoms with Crippen LogP contribution < -0.4 is 5.32 Å². The SMILES string of the molecule is C=CC(=O)N1CC(C)(NC(=O)Cn2ccc3cc(Br)ccc32)C1. The van der Waals surface area contributed by atoms with E-state index in [9.17, 15) is 9.59 Å². The van der Waals surface area contributed by atoms with Crippen LogP contribution in [-0.2, 0) is 16.1 Å². The molecule has 1 aliphatic rings. The van der Waals surface area contributed by atoms with Crippen molar-refractivity contribution < 1.29 is 9.59 Å². The van der Waals surface area contributed by atoms with Gasteiger partial charge in [-0.25, -0.2) is 0 Å². The summed E-state index contributed by atoms with van der Waals surface area (Å²) in [4.78, 5) is 25.5. The molecular formula is C17H18BrN3O2. The highest BCUT2D eigenvalue weighted by Crippen LogP contribution is 2.22. The van der Waals surface area contributed by atoms with Gasteiger partial charge in [0.05, 0.1) is 5.54 Å². The minimum absolute atomic E-state index is 0.0568. The van der Waals surface area contributed by atoms with Gasteiger partial charge in [0.15, 0.2) is 0 Å². The predicted octanol–water partition coefficient (Wildman–Crippen LogP) is 2.31. The van der Waals surface area contributed by atoms with E-state index in [1.807, 2.05) is 42.0 Å². The number of benzene rings is 1. The van der Waals surface area contributed by atoms with Crippen molar-refractivity contribution >= 4 is 38.6 Å². The Kier molecular flexibility index (Phi) is 4.02. The Morgan fingerprint density at radius 3 is 2.83 bits per heavy atom. The Bertz CT molecular complexity index is 790. The molecule has 1 saturated heterocycles. The highest BCUT2D eigenvalue weighted by atomic mass is 79.9. The molecule has 0 radical (unpaired) electrons. The molecule has 0 unspecified atom stereocenters. The third-order valence-electron chi connectivity index (χ3n) is 4.05. The molecule has 2 heterocycles. The summed E-state index contributed by atoms with van der Waals surface area (Å²) in [6.07, 6.45) is 3.21. The van der Waals surface area contributed by atoms with Gasteiger partial charge in [0.1, 0.15) is 6.54 Å². The molecule has 1 fully saturated rings. The number of likely N-dealkylation sites (tertiary alicyclic amines) is 1. The second-order valence-corrected chi connectivity index (χ2v) is 7.07. The normalized spacial score (nSPS) is 16.0. The molecule has 6 heteroatoms. The highest BCUT2D eigenvalue weighted by molar-refractivity contribution is 9.10. The van der Waals surface area contributed by atoms with Gasteiger partial charge in [0.2, 0.25) is 11.8 Å². The number of carbonyl (C=O) groups is 2. The first-order chi connectivity index (χ1) is 10.9. The summed E-state index contributed by atoms with van der Waals surface area (Å²) < 4.78 is 2.94. The molecular weight excluding hydrogens is 358 g/mol. The molecule has 1 aromatic heterocycles. The van der Waals surface area contributed by atoms with E-state index in [4.69, 9.17) is 0 Å². The molecule has 2 amide bonds. The summed E-state index contributed by atoms with van der Waals surface area (Å²) in [5.74, 6) is -0.155. The molecule has 120 valence electrons. The maximum atomic E-state index is 12.3. The van der Waals surface area contributed by atoms with E-state index in [0.717, 1.165) is 15.4 Å². The topological polar surface area (TPSA) is 54.3 Å². The average molecular weight is 376 g/mol. The van der Waals surface area contributed by atoms with Crippen LogP contribution in [0.15, 0.2) is 47.6 Å². The van der Waals surface area contributed by atoms with E-state index in [-0.39, 0.29) is 23.9 Å². The van der Waals surface area contributed by atoms with Crippen LogP contribution in [0.1, 0.15) is 6.92 Å². The van der Waals surface area contributed by atoms with Gasteiger partial charge in [-0.1, -0.05) is 22.5 Å². The minimum Gasteiger partial charge on any atom is -0.346 e. The lowest BCUT2D eigenvalue weighted by atomic mass is 9.92. The van der Waals surface area contributed by atoms with Crippen molar-refractivity contribution in [2.24, 2.45) is 0 Å². The Labute approximate surface area is 143 Å². The quantitative estimate of drug-likeness (QED) is 0.833. The summed E-state index contributed by atoms with van der Waals surface area (Å²) in [6.45, 7) is 6.71. The van der Waals surface area contributed by atoms with Gasteiger partial charge in [-0.15, -0.1) is 0 Å². The number of amides is 2. The van der Waals surface area contributed by atoms with Crippen molar-refractivity contribution in [2.75, 3.05) is 13.1 Å². The van der Waals surface area contributed by atoms with Gasteiger partial charge in [-0.05, 0) is 37.3 Å². The summed E-state index contributed by atoms with van der Waals surface area (Å²) in [7, 11) is 0. The number of nitrogens with zero attached hydrogens (tertiary/aromatic N) is 2. The number of carbonyl (C=O) groups excluding carboxylic acids is 2. The van der Waals surface area contributed by atoms with Crippen molar-refractivity contribution in [1.82, 2.24) is 14.8 Å². The summed E-state index contributed by atoms with van der Waals surface area (Å²) in [5.41, 5.74) is 0.660. The van der Waals surface area contributed by atoms with E-state index in [1.165, 1.54) is 6.08 Å². The van der Waals surface area contributed by atoms with Crippen molar-refractivity contribution in [3.8, 4) is 0 Å². The summed E-state index contributed by atoms with van der Waals surface area (Å²) >= 11 is 3.44. The molecule has 1 aromatic carbocycles. The Morgan fingerprint density at radius 1 is 1.39 bits per heavy atom. The second kappa shape index (κ2) is 5.85. The first-order valence-electron chi connectivity index (χ1n) is 7.37. The fourth-order valence-corrected chi connectivity index (χ4v) is 3.38. The first kappa shape index (κ1) is 15.8. The first-order valence-corrected chi connectivity index (χ1v) is 8.16. The zero-order chi connectivity index (χ0) is 16.6. The Morgan fingerprint density at radius 2 is 2.13 bits per heavy atom. The van der Waals surface area contributed by atoms with E-state index in [0.29, 0.717) is 13.1 Å². The molecule has 0 atom stereocenters. The van der Waals surface area contributed by atoms with Crippen LogP contribution in [0.3, 0.4) is 0 Å². The number of hydrogen-bond donors (Lipinski definition) is 1. The molecule has 0 bridgehead atoms. The smallest absolute Gasteiger partial charge is 0.246 e. The fraction of sp³-hybridized carbons (Fsp3) is 0.294. The zero-order valence-electron chi connectivity index (χ0n) is 12.9. The molecule has 1 N–H and O–H groups in total. The lowest BCUT2D eigenvalue weighted by Gasteiger charge is -2.47. The van der Waals surface area contributed by atoms with Crippen molar-refractivity contribution in [3.63, 3.8) is 0 Å². The molecule has 23 heavy (non-hydrogen) atoms. The number of rotatable bonds is 4. The highest BCUT2D eigenvalue weighted by Gasteiger charge is 2.41. The van der Waals surface area contributed by atoms with Crippen LogP contribution >= 0.6 is 15.9 Å². The summed E-state index contributed by atoms with van der Waals surface area (Å²) in [6, 6.07) is 7.96. The van der Waals surface area contributed by atoms with Crippen molar-refractivity contribution in [2.45, 2.75) is 19.0 Å². The van der Waals surface area contributed by atoms with Crippen LogP contribution in [0.25, 0.3) is 10.9 Å². The third-order valence-corrected chi connectivity index (χ3v) is 4.55. The third kappa shape index (κ3) is 3.17. The molecule has 5 nitrogen and oxygen atoms in total. The standard InChI is InChI=1S/C17H18BrN3O2/c1-3-16(23)21-10-17(2,11-21)19-15(22)9-20-7-6-12-8-13(18)4-5-14(12)20/h3-8H,1,9-11H2,2H3,(H,19,22). The fourth-order valence-electron chi connectivity index (χ4n) is 3.00. The van der Waals surface area contributed by atoms with E-state index in [1.54, 1.807) is 4.90 Å². The van der Waals surface area contributed by atoms with Gasteiger partial charge in [0.25, 0.3) is 0 Å². The van der Waals surface area contributed by atoms with Crippen LogP contribution in [-0.4, -0.2) is 39.9 Å². The maximum absolute atomic E-state index is 12.3. The van der Waals surface area contributed by atoms with E-state index in [2.05, 4.69) is 27.8 Å². The number of aromatic nitrogens is 1. The zero-order valence-corrected chi connectivity index (χ0v) is 14.5. The van der Waals surface area contributed by atoms with Gasteiger partial charge in [-0.2, -0.15) is 0 Å². The number of nitrogens with one attached hydrogen (secondary N) is 1. The van der Waals surface area contributed by atoms with Gasteiger partial charge in [-0.3, -0.25) is 9.59 Å². The Hall–Kier alpha value is -2.08. The van der Waals surface area contributed by atoms with Crippen molar-refractivity contribution in [3.05, 3.63) is 47.6 Å². The maximum Gasteiger partial charge on any atom is 0.246 e. The second-order valence-electron chi connectivity index (χ2n) is 6.15. The van der Waals surface area contributed by atoms with Crippen molar-refractivity contribution in [1.29, 1.82) is 0 Å². The van der Waals surface area contributed by atoms with E-state index < -0.39 is 0 Å². The van der Waals surface area contributed by atoms with Crippen LogP contribution in [0.5, 0.6) is 0 Å². The monoisotopic (exact) mass is 375 g/mol. The molecule has 3 rings (SSSR count). The number of hydrogen-bond acceptors (Lipinski definition) is 2. The van der Waals surface area contributed by atoms with E-state index >= 15 is 0 Å². The lowest BCUT2D eigenvalue weighted by Crippen LogP contribution is -2.69. The van der Waals surface area contributed by atoms with Crippen LogP contribution in [0.4, 0.5) is 0 Å². The van der Waals surface area contributed by atoms with Gasteiger partial charge < -0.3 is 14.8 Å². The molecule has 2 aromatic rings. The molecule has 0 saturated carbocycles. The van der Waals surface area contributed by atoms with Crippen LogP contribution in [0, 0.1) is 0 Å². The minimum atomic E-state index is -0.359. The average Bonchev–Trinajstić information content (AvgIpc) is 2.85. The molecule has 0 spiro atoms. The number of fused-ring (bicyclic) bond motifs is 1. The van der Waals surface area contributed by atoms with Gasteiger partial charge >= 0.3 is 0 Å². The largest absolute Gasteiger partial charge is 0.346 e. The molecule has 1 aliphatic heterocycles. The van der Waals surface area contributed by atoms with Crippen LogP contribution in [0.2, 0.25) is 0 Å². The summed E-state index contributed by atoms with van der Waals surface area (Å²) in [5, 5.41) is 4.11. The number of halogens is 1. The lowest BCUT2D eigenvalue weighted by molar-refractivity contribution is -0.137. The molecule has 0 aliphatic carbocycles. The Balaban J connectivity index is 1.63. The van der Waals surface area contributed by atoms with Gasteiger partial charge in [0, 0.05) is 34.7 Å². The predicted molar refractivity (Wildman–Crippen MR) is 93.0 cm³/mol.